The Labute approximate surface area is 128 Å². The second-order valence-electron chi connectivity index (χ2n) is 4.70. The highest BCUT2D eigenvalue weighted by Crippen LogP contribution is 2.36. The van der Waals surface area contributed by atoms with Crippen LogP contribution < -0.4 is 0 Å². The Hall–Kier alpha value is -2.53. The normalized spacial score (nSPS) is 11.3. The van der Waals surface area contributed by atoms with Crippen LogP contribution in [0.2, 0.25) is 0 Å². The zero-order chi connectivity index (χ0) is 15.6. The molecule has 0 saturated carbocycles. The third-order valence-corrected chi connectivity index (χ3v) is 4.16. The fourth-order valence-electron chi connectivity index (χ4n) is 2.37. The second kappa shape index (κ2) is 5.69. The number of aromatic nitrogens is 1. The first kappa shape index (κ1) is 14.4. The molecule has 1 aromatic heterocycles. The van der Waals surface area contributed by atoms with Gasteiger partial charge in [0.05, 0.1) is 5.69 Å². The smallest absolute Gasteiger partial charge is 0.256 e. The molecule has 0 bridgehead atoms. The number of hydrogen-bond acceptors (Lipinski definition) is 3. The molecule has 0 unspecified atom stereocenters. The van der Waals surface area contributed by atoms with Crippen LogP contribution in [0, 0.1) is 0 Å². The van der Waals surface area contributed by atoms with E-state index in [1.54, 1.807) is 54.7 Å². The lowest BCUT2D eigenvalue weighted by atomic mass is 9.97. The summed E-state index contributed by atoms with van der Waals surface area (Å²) in [4.78, 5) is 3.90. The van der Waals surface area contributed by atoms with E-state index in [-0.39, 0.29) is 4.90 Å². The Morgan fingerprint density at radius 1 is 0.818 bits per heavy atom. The summed E-state index contributed by atoms with van der Waals surface area (Å²) < 4.78 is 36.8. The lowest BCUT2D eigenvalue weighted by Gasteiger charge is -2.12. The van der Waals surface area contributed by atoms with Crippen LogP contribution in [-0.2, 0) is 10.2 Å². The second-order valence-corrected chi connectivity index (χ2v) is 6.01. The molecule has 3 aromatic rings. The van der Waals surface area contributed by atoms with Crippen LogP contribution in [0.5, 0.6) is 0 Å². The van der Waals surface area contributed by atoms with Crippen molar-refractivity contribution in [3.05, 3.63) is 72.9 Å². The molecule has 0 spiro atoms. The third-order valence-electron chi connectivity index (χ3n) is 3.29. The Bertz CT molecular complexity index is 894. The Balaban J connectivity index is 2.37. The molecule has 0 aliphatic heterocycles. The summed E-state index contributed by atoms with van der Waals surface area (Å²) in [6.45, 7) is 0. The lowest BCUT2D eigenvalue weighted by molar-refractivity contribution is 0.552. The van der Waals surface area contributed by atoms with E-state index in [0.717, 1.165) is 0 Å². The van der Waals surface area contributed by atoms with Gasteiger partial charge in [-0.05, 0) is 23.8 Å². The number of pyridine rings is 1. The third kappa shape index (κ3) is 2.76. The van der Waals surface area contributed by atoms with Crippen molar-refractivity contribution in [2.24, 2.45) is 0 Å². The van der Waals surface area contributed by atoms with Gasteiger partial charge in [-0.15, -0.1) is 3.89 Å². The van der Waals surface area contributed by atoms with Crippen LogP contribution >= 0.6 is 0 Å². The van der Waals surface area contributed by atoms with Crippen LogP contribution in [0.3, 0.4) is 0 Å². The predicted molar refractivity (Wildman–Crippen MR) is 83.4 cm³/mol. The van der Waals surface area contributed by atoms with E-state index in [9.17, 15) is 12.3 Å². The van der Waals surface area contributed by atoms with Gasteiger partial charge in [-0.3, -0.25) is 4.98 Å². The fourth-order valence-corrected chi connectivity index (χ4v) is 3.09. The molecule has 0 atom stereocenters. The molecule has 110 valence electrons. The zero-order valence-corrected chi connectivity index (χ0v) is 12.3. The van der Waals surface area contributed by atoms with Crippen LogP contribution in [0.4, 0.5) is 3.89 Å². The maximum Gasteiger partial charge on any atom is 0.332 e. The van der Waals surface area contributed by atoms with Crippen molar-refractivity contribution in [1.82, 2.24) is 4.98 Å². The number of nitrogens with zero attached hydrogens (tertiary/aromatic N) is 1. The van der Waals surface area contributed by atoms with Gasteiger partial charge >= 0.3 is 10.2 Å². The summed E-state index contributed by atoms with van der Waals surface area (Å²) in [6, 6.07) is 18.7. The summed E-state index contributed by atoms with van der Waals surface area (Å²) in [6.07, 6.45) is 1.61. The largest absolute Gasteiger partial charge is 0.332 e. The number of hydrogen-bond donors (Lipinski definition) is 0. The molecule has 5 heteroatoms. The Morgan fingerprint density at radius 3 is 2.18 bits per heavy atom. The summed E-state index contributed by atoms with van der Waals surface area (Å²) >= 11 is 0. The summed E-state index contributed by atoms with van der Waals surface area (Å²) in [5.41, 5.74) is 2.11. The average Bonchev–Trinajstić information content (AvgIpc) is 2.55. The van der Waals surface area contributed by atoms with Crippen LogP contribution in [0.15, 0.2) is 77.8 Å². The molecule has 2 aromatic carbocycles. The monoisotopic (exact) mass is 313 g/mol. The molecule has 0 radical (unpaired) electrons. The lowest BCUT2D eigenvalue weighted by Crippen LogP contribution is -1.98. The Morgan fingerprint density at radius 2 is 1.55 bits per heavy atom. The molecule has 0 aliphatic rings. The highest BCUT2D eigenvalue weighted by molar-refractivity contribution is 7.86. The topological polar surface area (TPSA) is 47.0 Å². The van der Waals surface area contributed by atoms with Gasteiger partial charge in [-0.2, -0.15) is 8.42 Å². The first-order valence-corrected chi connectivity index (χ1v) is 8.00. The van der Waals surface area contributed by atoms with Crippen molar-refractivity contribution in [2.45, 2.75) is 4.90 Å². The van der Waals surface area contributed by atoms with Crippen molar-refractivity contribution in [3.8, 4) is 22.4 Å². The number of halogens is 1. The molecule has 0 saturated heterocycles. The van der Waals surface area contributed by atoms with Crippen molar-refractivity contribution in [1.29, 1.82) is 0 Å². The molecular weight excluding hydrogens is 301 g/mol. The highest BCUT2D eigenvalue weighted by Gasteiger charge is 2.22. The van der Waals surface area contributed by atoms with Crippen LogP contribution in [0.25, 0.3) is 22.4 Å². The van der Waals surface area contributed by atoms with Gasteiger partial charge in [-0.25, -0.2) is 0 Å². The van der Waals surface area contributed by atoms with E-state index in [2.05, 4.69) is 4.98 Å². The van der Waals surface area contributed by atoms with Crippen molar-refractivity contribution < 1.29 is 12.3 Å². The molecule has 0 amide bonds. The van der Waals surface area contributed by atoms with Gasteiger partial charge in [0.25, 0.3) is 0 Å². The minimum Gasteiger partial charge on any atom is -0.256 e. The molecule has 0 aliphatic carbocycles. The van der Waals surface area contributed by atoms with Crippen LogP contribution in [0.1, 0.15) is 0 Å². The first-order valence-electron chi connectivity index (χ1n) is 6.62. The quantitative estimate of drug-likeness (QED) is 0.685. The van der Waals surface area contributed by atoms with Crippen molar-refractivity contribution >= 4 is 10.2 Å². The molecule has 3 rings (SSSR count). The fraction of sp³-hybridized carbons (Fsp3) is 0. The van der Waals surface area contributed by atoms with E-state index < -0.39 is 10.2 Å². The van der Waals surface area contributed by atoms with E-state index in [4.69, 9.17) is 0 Å². The van der Waals surface area contributed by atoms with Gasteiger partial charge < -0.3 is 0 Å². The van der Waals surface area contributed by atoms with Crippen LogP contribution in [-0.4, -0.2) is 13.4 Å². The van der Waals surface area contributed by atoms with E-state index in [1.807, 2.05) is 6.07 Å². The SMILES string of the molecule is O=S(=O)(F)c1cccc(-c2ccccn2)c1-c1ccccc1. The average molecular weight is 313 g/mol. The van der Waals surface area contributed by atoms with Crippen molar-refractivity contribution in [3.63, 3.8) is 0 Å². The van der Waals surface area contributed by atoms with E-state index >= 15 is 0 Å². The minimum absolute atomic E-state index is 0.323. The van der Waals surface area contributed by atoms with Gasteiger partial charge in [0.15, 0.2) is 0 Å². The summed E-state index contributed by atoms with van der Waals surface area (Å²) in [5.74, 6) is 0. The molecule has 0 fully saturated rings. The Kier molecular flexibility index (Phi) is 3.73. The standard InChI is InChI=1S/C17H12FNO2S/c18-22(20,21)16-11-6-9-14(15-10-4-5-12-19-15)17(16)13-7-2-1-3-8-13/h1-12H. The summed E-state index contributed by atoms with van der Waals surface area (Å²) in [5, 5.41) is 0. The molecule has 0 N–H and O–H groups in total. The molecule has 3 nitrogen and oxygen atoms in total. The van der Waals surface area contributed by atoms with Gasteiger partial charge in [0.1, 0.15) is 4.90 Å². The zero-order valence-electron chi connectivity index (χ0n) is 11.5. The molecular formula is C17H12FNO2S. The molecule has 1 heterocycles. The van der Waals surface area contributed by atoms with Gasteiger partial charge in [0, 0.05) is 17.3 Å². The minimum atomic E-state index is -4.84. The maximum atomic E-state index is 13.7. The predicted octanol–water partition coefficient (Wildman–Crippen LogP) is 4.07. The highest BCUT2D eigenvalue weighted by atomic mass is 32.3. The van der Waals surface area contributed by atoms with E-state index in [0.29, 0.717) is 22.4 Å². The number of rotatable bonds is 3. The number of benzene rings is 2. The maximum absolute atomic E-state index is 13.7. The summed E-state index contributed by atoms with van der Waals surface area (Å²) in [7, 11) is -4.84. The van der Waals surface area contributed by atoms with Gasteiger partial charge in [0.2, 0.25) is 0 Å². The first-order chi connectivity index (χ1) is 10.6. The van der Waals surface area contributed by atoms with E-state index in [1.165, 1.54) is 12.1 Å². The van der Waals surface area contributed by atoms with Gasteiger partial charge in [-0.1, -0.05) is 48.5 Å². The molecule has 22 heavy (non-hydrogen) atoms. The van der Waals surface area contributed by atoms with Crippen molar-refractivity contribution in [2.75, 3.05) is 0 Å².